The van der Waals surface area contributed by atoms with E-state index in [1.807, 2.05) is 29.8 Å². The highest BCUT2D eigenvalue weighted by Crippen LogP contribution is 2.40. The molecule has 1 aliphatic rings. The van der Waals surface area contributed by atoms with E-state index >= 15 is 0 Å². The van der Waals surface area contributed by atoms with Crippen LogP contribution in [-0.2, 0) is 11.8 Å². The quantitative estimate of drug-likeness (QED) is 0.734. The van der Waals surface area contributed by atoms with Crippen molar-refractivity contribution in [2.45, 2.75) is 25.7 Å². The molecule has 2 aromatic heterocycles. The lowest BCUT2D eigenvalue weighted by Crippen LogP contribution is -2.34. The van der Waals surface area contributed by atoms with Gasteiger partial charge in [-0.25, -0.2) is 4.39 Å². The first-order valence-corrected chi connectivity index (χ1v) is 9.63. The third-order valence-electron chi connectivity index (χ3n) is 5.29. The van der Waals surface area contributed by atoms with Gasteiger partial charge in [0.05, 0.1) is 17.6 Å². The van der Waals surface area contributed by atoms with Crippen LogP contribution in [0.3, 0.4) is 0 Å². The van der Waals surface area contributed by atoms with Crippen molar-refractivity contribution >= 4 is 17.3 Å². The zero-order chi connectivity index (χ0) is 20.4. The van der Waals surface area contributed by atoms with Gasteiger partial charge in [0.1, 0.15) is 18.0 Å². The van der Waals surface area contributed by atoms with E-state index in [4.69, 9.17) is 0 Å². The summed E-state index contributed by atoms with van der Waals surface area (Å²) in [5, 5.41) is 11.2. The number of rotatable bonds is 4. The SMILES string of the molecule is CC(=O)Nc1cccc(-c2cncc(F)c2)c1N1CCC(c2nncn2C)CC1. The van der Waals surface area contributed by atoms with Crippen LogP contribution < -0.4 is 10.2 Å². The van der Waals surface area contributed by atoms with E-state index in [0.717, 1.165) is 48.7 Å². The van der Waals surface area contributed by atoms with E-state index in [0.29, 0.717) is 11.5 Å². The van der Waals surface area contributed by atoms with Gasteiger partial charge in [-0.15, -0.1) is 10.2 Å². The van der Waals surface area contributed by atoms with Gasteiger partial charge in [-0.3, -0.25) is 9.78 Å². The van der Waals surface area contributed by atoms with Crippen molar-refractivity contribution in [3.63, 3.8) is 0 Å². The number of nitrogens with one attached hydrogen (secondary N) is 1. The summed E-state index contributed by atoms with van der Waals surface area (Å²) in [5.41, 5.74) is 3.14. The van der Waals surface area contributed by atoms with Crippen LogP contribution in [0.5, 0.6) is 0 Å². The fourth-order valence-electron chi connectivity index (χ4n) is 3.99. The Bertz CT molecular complexity index is 1030. The van der Waals surface area contributed by atoms with Gasteiger partial charge in [-0.05, 0) is 25.0 Å². The van der Waals surface area contributed by atoms with Crippen LogP contribution in [0.2, 0.25) is 0 Å². The highest BCUT2D eigenvalue weighted by atomic mass is 19.1. The second-order valence-electron chi connectivity index (χ2n) is 7.34. The largest absolute Gasteiger partial charge is 0.369 e. The first-order chi connectivity index (χ1) is 14.0. The predicted octanol–water partition coefficient (Wildman–Crippen LogP) is 3.36. The number of aryl methyl sites for hydroxylation is 1. The molecule has 1 saturated heterocycles. The Balaban J connectivity index is 1.68. The molecule has 0 unspecified atom stereocenters. The number of halogens is 1. The summed E-state index contributed by atoms with van der Waals surface area (Å²) in [7, 11) is 1.96. The van der Waals surface area contributed by atoms with Crippen LogP contribution in [0.1, 0.15) is 31.5 Å². The Labute approximate surface area is 168 Å². The molecule has 8 heteroatoms. The molecule has 0 atom stereocenters. The van der Waals surface area contributed by atoms with Crippen molar-refractivity contribution in [1.29, 1.82) is 0 Å². The Morgan fingerprint density at radius 3 is 2.69 bits per heavy atom. The standard InChI is InChI=1S/C21H23FN6O/c1-14(29)25-19-5-3-4-18(16-10-17(22)12-23-11-16)20(19)28-8-6-15(7-9-28)21-26-24-13-27(21)2/h3-5,10-13,15H,6-9H2,1-2H3,(H,25,29). The van der Waals surface area contributed by atoms with E-state index in [2.05, 4.69) is 25.4 Å². The number of hydrogen-bond acceptors (Lipinski definition) is 5. The van der Waals surface area contributed by atoms with E-state index in [1.165, 1.54) is 19.2 Å². The van der Waals surface area contributed by atoms with Crippen LogP contribution in [0.25, 0.3) is 11.1 Å². The number of para-hydroxylation sites is 1. The summed E-state index contributed by atoms with van der Waals surface area (Å²) in [6.07, 6.45) is 6.39. The van der Waals surface area contributed by atoms with E-state index in [1.54, 1.807) is 12.5 Å². The van der Waals surface area contributed by atoms with Crippen molar-refractivity contribution in [1.82, 2.24) is 19.7 Å². The molecule has 4 rings (SSSR count). The Morgan fingerprint density at radius 1 is 1.24 bits per heavy atom. The number of piperidine rings is 1. The number of anilines is 2. The smallest absolute Gasteiger partial charge is 0.221 e. The van der Waals surface area contributed by atoms with Crippen molar-refractivity contribution in [2.24, 2.45) is 7.05 Å². The highest BCUT2D eigenvalue weighted by molar-refractivity contribution is 5.97. The van der Waals surface area contributed by atoms with Gasteiger partial charge in [0.15, 0.2) is 0 Å². The van der Waals surface area contributed by atoms with Gasteiger partial charge in [-0.1, -0.05) is 12.1 Å². The molecule has 0 aliphatic carbocycles. The summed E-state index contributed by atoms with van der Waals surface area (Å²) >= 11 is 0. The number of pyridine rings is 1. The highest BCUT2D eigenvalue weighted by Gasteiger charge is 2.27. The molecule has 1 amide bonds. The van der Waals surface area contributed by atoms with Crippen molar-refractivity contribution in [3.05, 3.63) is 54.6 Å². The fourth-order valence-corrected chi connectivity index (χ4v) is 3.99. The van der Waals surface area contributed by atoms with Crippen molar-refractivity contribution in [2.75, 3.05) is 23.3 Å². The van der Waals surface area contributed by atoms with Gasteiger partial charge in [0.25, 0.3) is 0 Å². The maximum Gasteiger partial charge on any atom is 0.221 e. The minimum Gasteiger partial charge on any atom is -0.369 e. The maximum atomic E-state index is 13.8. The molecule has 7 nitrogen and oxygen atoms in total. The zero-order valence-corrected chi connectivity index (χ0v) is 16.5. The minimum absolute atomic E-state index is 0.144. The lowest BCUT2D eigenvalue weighted by atomic mass is 9.94. The molecule has 0 bridgehead atoms. The average Bonchev–Trinajstić information content (AvgIpc) is 3.13. The molecular formula is C21H23FN6O. The lowest BCUT2D eigenvalue weighted by Gasteiger charge is -2.35. The second kappa shape index (κ2) is 7.98. The summed E-state index contributed by atoms with van der Waals surface area (Å²) in [6.45, 7) is 3.08. The molecular weight excluding hydrogens is 371 g/mol. The average molecular weight is 394 g/mol. The van der Waals surface area contributed by atoms with Crippen LogP contribution >= 0.6 is 0 Å². The first kappa shape index (κ1) is 19.0. The molecule has 0 saturated carbocycles. The van der Waals surface area contributed by atoms with Crippen LogP contribution in [-0.4, -0.2) is 38.7 Å². The van der Waals surface area contributed by atoms with Gasteiger partial charge in [0.2, 0.25) is 5.91 Å². The molecule has 3 aromatic rings. The molecule has 1 N–H and O–H groups in total. The molecule has 150 valence electrons. The van der Waals surface area contributed by atoms with Gasteiger partial charge in [-0.2, -0.15) is 0 Å². The predicted molar refractivity (Wildman–Crippen MR) is 109 cm³/mol. The Kier molecular flexibility index (Phi) is 5.24. The molecule has 3 heterocycles. The minimum atomic E-state index is -0.389. The zero-order valence-electron chi connectivity index (χ0n) is 16.5. The second-order valence-corrected chi connectivity index (χ2v) is 7.34. The van der Waals surface area contributed by atoms with Crippen molar-refractivity contribution < 1.29 is 9.18 Å². The molecule has 1 fully saturated rings. The number of nitrogens with zero attached hydrogens (tertiary/aromatic N) is 5. The first-order valence-electron chi connectivity index (χ1n) is 9.63. The summed E-state index contributed by atoms with van der Waals surface area (Å²) in [4.78, 5) is 18.0. The molecule has 29 heavy (non-hydrogen) atoms. The molecule has 0 radical (unpaired) electrons. The normalized spacial score (nSPS) is 14.8. The third-order valence-corrected chi connectivity index (χ3v) is 5.29. The Hall–Kier alpha value is -3.29. The van der Waals surface area contributed by atoms with Crippen LogP contribution in [0, 0.1) is 5.82 Å². The van der Waals surface area contributed by atoms with Crippen molar-refractivity contribution in [3.8, 4) is 11.1 Å². The van der Waals surface area contributed by atoms with E-state index in [9.17, 15) is 9.18 Å². The summed E-state index contributed by atoms with van der Waals surface area (Å²) in [6, 6.07) is 7.14. The van der Waals surface area contributed by atoms with Crippen LogP contribution in [0.15, 0.2) is 43.0 Å². The summed E-state index contributed by atoms with van der Waals surface area (Å²) < 4.78 is 15.8. The number of carbonyl (C=O) groups is 1. The van der Waals surface area contributed by atoms with E-state index in [-0.39, 0.29) is 11.7 Å². The Morgan fingerprint density at radius 2 is 2.03 bits per heavy atom. The van der Waals surface area contributed by atoms with Gasteiger partial charge >= 0.3 is 0 Å². The molecule has 0 spiro atoms. The van der Waals surface area contributed by atoms with E-state index < -0.39 is 0 Å². The molecule has 1 aromatic carbocycles. The molecule has 1 aliphatic heterocycles. The number of hydrogen-bond donors (Lipinski definition) is 1. The third kappa shape index (κ3) is 3.96. The number of aromatic nitrogens is 4. The topological polar surface area (TPSA) is 75.9 Å². The summed E-state index contributed by atoms with van der Waals surface area (Å²) in [5.74, 6) is 0.800. The monoisotopic (exact) mass is 394 g/mol. The number of amides is 1. The van der Waals surface area contributed by atoms with Gasteiger partial charge < -0.3 is 14.8 Å². The van der Waals surface area contributed by atoms with Crippen LogP contribution in [0.4, 0.5) is 15.8 Å². The van der Waals surface area contributed by atoms with Gasteiger partial charge in [0, 0.05) is 50.3 Å². The number of carbonyl (C=O) groups excluding carboxylic acids is 1. The fraction of sp³-hybridized carbons (Fsp3) is 0.333. The lowest BCUT2D eigenvalue weighted by molar-refractivity contribution is -0.114. The maximum absolute atomic E-state index is 13.8. The number of benzene rings is 1.